The predicted molar refractivity (Wildman–Crippen MR) is 87.0 cm³/mol. The lowest BCUT2D eigenvalue weighted by Gasteiger charge is -2.56. The van der Waals surface area contributed by atoms with Gasteiger partial charge in [-0.15, -0.1) is 0 Å². The first-order chi connectivity index (χ1) is 10.0. The average molecular weight is 326 g/mol. The molecule has 1 amide bonds. The Balaban J connectivity index is 2.19. The molecule has 1 aromatic carbocycles. The summed E-state index contributed by atoms with van der Waals surface area (Å²) in [6, 6.07) is 6.79. The highest BCUT2D eigenvalue weighted by atomic mass is 35.5. The third-order valence-corrected chi connectivity index (χ3v) is 4.07. The Morgan fingerprint density at radius 3 is 2.59 bits per heavy atom. The van der Waals surface area contributed by atoms with Gasteiger partial charge in [0.2, 0.25) is 0 Å². The van der Waals surface area contributed by atoms with Gasteiger partial charge in [-0.05, 0) is 58.7 Å². The van der Waals surface area contributed by atoms with E-state index in [9.17, 15) is 9.90 Å². The van der Waals surface area contributed by atoms with Crippen LogP contribution in [0.25, 0.3) is 0 Å². The molecule has 1 aliphatic rings. The fourth-order valence-electron chi connectivity index (χ4n) is 2.90. The van der Waals surface area contributed by atoms with Crippen LogP contribution in [0.3, 0.4) is 0 Å². The van der Waals surface area contributed by atoms with Crippen molar-refractivity contribution >= 4 is 17.7 Å². The molecule has 1 fully saturated rings. The zero-order chi connectivity index (χ0) is 16.7. The maximum Gasteiger partial charge on any atom is 0.411 e. The zero-order valence-electron chi connectivity index (χ0n) is 13.8. The van der Waals surface area contributed by atoms with Gasteiger partial charge >= 0.3 is 6.09 Å². The number of hydrogen-bond acceptors (Lipinski definition) is 3. The lowest BCUT2D eigenvalue weighted by molar-refractivity contribution is -0.105. The minimum Gasteiger partial charge on any atom is -0.444 e. The van der Waals surface area contributed by atoms with Crippen LogP contribution in [-0.2, 0) is 4.74 Å². The highest BCUT2D eigenvalue weighted by molar-refractivity contribution is 6.30. The van der Waals surface area contributed by atoms with Gasteiger partial charge in [-0.25, -0.2) is 4.79 Å². The quantitative estimate of drug-likeness (QED) is 0.888. The summed E-state index contributed by atoms with van der Waals surface area (Å²) in [7, 11) is 0. The molecule has 4 nitrogen and oxygen atoms in total. The number of ether oxygens (including phenoxy) is 1. The lowest BCUT2D eigenvalue weighted by atomic mass is 9.77. The molecule has 22 heavy (non-hydrogen) atoms. The normalized spacial score (nSPS) is 22.0. The molecule has 0 aromatic heterocycles. The van der Waals surface area contributed by atoms with Crippen molar-refractivity contribution in [1.29, 1.82) is 0 Å². The second kappa shape index (κ2) is 5.74. The van der Waals surface area contributed by atoms with Crippen LogP contribution in [0, 0.1) is 0 Å². The number of carbonyl (C=O) groups is 1. The third-order valence-electron chi connectivity index (χ3n) is 3.84. The van der Waals surface area contributed by atoms with Crippen LogP contribution >= 0.6 is 11.6 Å². The molecule has 122 valence electrons. The molecule has 1 N–H and O–H groups in total. The van der Waals surface area contributed by atoms with Crippen LogP contribution in [0.2, 0.25) is 5.02 Å². The van der Waals surface area contributed by atoms with E-state index in [1.165, 1.54) is 0 Å². The molecule has 1 saturated heterocycles. The maximum absolute atomic E-state index is 12.4. The Hall–Kier alpha value is -1.26. The first kappa shape index (κ1) is 17.1. The van der Waals surface area contributed by atoms with Crippen molar-refractivity contribution < 1.29 is 14.6 Å². The van der Waals surface area contributed by atoms with Crippen LogP contribution < -0.4 is 0 Å². The van der Waals surface area contributed by atoms with E-state index in [0.29, 0.717) is 17.0 Å². The van der Waals surface area contributed by atoms with Crippen LogP contribution in [0.1, 0.15) is 52.7 Å². The van der Waals surface area contributed by atoms with Crippen molar-refractivity contribution in [3.8, 4) is 0 Å². The smallest absolute Gasteiger partial charge is 0.411 e. The fourth-order valence-corrected chi connectivity index (χ4v) is 3.10. The van der Waals surface area contributed by atoms with Crippen LogP contribution in [-0.4, -0.2) is 33.3 Å². The van der Waals surface area contributed by atoms with Crippen molar-refractivity contribution in [2.75, 3.05) is 0 Å². The number of nitrogens with zero attached hydrogens (tertiary/aromatic N) is 1. The molecule has 0 aliphatic carbocycles. The molecule has 0 radical (unpaired) electrons. The van der Waals surface area contributed by atoms with Crippen LogP contribution in [0.4, 0.5) is 4.79 Å². The molecule has 1 aromatic rings. The number of carbonyl (C=O) groups excluding carboxylic acids is 1. The Morgan fingerprint density at radius 2 is 2.09 bits per heavy atom. The average Bonchev–Trinajstić information content (AvgIpc) is 2.33. The summed E-state index contributed by atoms with van der Waals surface area (Å²) in [4.78, 5) is 14.1. The Labute approximate surface area is 137 Å². The standard InChI is InChI=1S/C17H24ClNO3/c1-16(2,3)22-15(21)19-13(10-17(19,4)5)14(20)11-7-6-8-12(18)9-11/h6-9,13-14,20H,10H2,1-5H3/t13-,14?/m0/s1. The van der Waals surface area contributed by atoms with Gasteiger partial charge in [-0.2, -0.15) is 0 Å². The van der Waals surface area contributed by atoms with Crippen molar-refractivity contribution in [3.63, 3.8) is 0 Å². The second-order valence-corrected chi connectivity index (χ2v) is 7.87. The molecule has 1 heterocycles. The van der Waals surface area contributed by atoms with Crippen molar-refractivity contribution in [2.45, 2.75) is 64.3 Å². The second-order valence-electron chi connectivity index (χ2n) is 7.43. The largest absolute Gasteiger partial charge is 0.444 e. The van der Waals surface area contributed by atoms with E-state index in [2.05, 4.69) is 0 Å². The van der Waals surface area contributed by atoms with Crippen molar-refractivity contribution in [2.24, 2.45) is 0 Å². The Kier molecular flexibility index (Phi) is 4.46. The van der Waals surface area contributed by atoms with Gasteiger partial charge < -0.3 is 9.84 Å². The van der Waals surface area contributed by atoms with Crippen LogP contribution in [0.5, 0.6) is 0 Å². The third kappa shape index (κ3) is 3.55. The fraction of sp³-hybridized carbons (Fsp3) is 0.588. The molecule has 0 bridgehead atoms. The van der Waals surface area contributed by atoms with Gasteiger partial charge in [0.1, 0.15) is 5.60 Å². The van der Waals surface area contributed by atoms with E-state index in [0.717, 1.165) is 0 Å². The number of halogens is 1. The molecule has 1 unspecified atom stereocenters. The summed E-state index contributed by atoms with van der Waals surface area (Å²) in [6.45, 7) is 9.44. The highest BCUT2D eigenvalue weighted by Crippen LogP contribution is 2.43. The monoisotopic (exact) mass is 325 g/mol. The molecule has 2 rings (SSSR count). The van der Waals surface area contributed by atoms with Gasteiger partial charge in [0, 0.05) is 10.6 Å². The van der Waals surface area contributed by atoms with E-state index < -0.39 is 17.8 Å². The highest BCUT2D eigenvalue weighted by Gasteiger charge is 2.52. The van der Waals surface area contributed by atoms with E-state index >= 15 is 0 Å². The van der Waals surface area contributed by atoms with E-state index in [1.807, 2.05) is 40.7 Å². The maximum atomic E-state index is 12.4. The Bertz CT molecular complexity index is 565. The number of hydrogen-bond donors (Lipinski definition) is 1. The SMILES string of the molecule is CC(C)(C)OC(=O)N1[C@H](C(O)c2cccc(Cl)c2)CC1(C)C. The summed E-state index contributed by atoms with van der Waals surface area (Å²) in [5.41, 5.74) is -0.178. The van der Waals surface area contributed by atoms with Gasteiger partial charge in [-0.3, -0.25) is 4.90 Å². The van der Waals surface area contributed by atoms with E-state index in [1.54, 1.807) is 23.1 Å². The number of amides is 1. The lowest BCUT2D eigenvalue weighted by Crippen LogP contribution is -2.67. The predicted octanol–water partition coefficient (Wildman–Crippen LogP) is 4.16. The molecular weight excluding hydrogens is 302 g/mol. The molecule has 0 saturated carbocycles. The number of rotatable bonds is 2. The van der Waals surface area contributed by atoms with Crippen molar-refractivity contribution in [3.05, 3.63) is 34.9 Å². The molecule has 2 atom stereocenters. The number of aliphatic hydroxyl groups is 1. The summed E-state index contributed by atoms with van der Waals surface area (Å²) in [6.07, 6.45) is -0.464. The number of likely N-dealkylation sites (tertiary alicyclic amines) is 1. The van der Waals surface area contributed by atoms with Crippen LogP contribution in [0.15, 0.2) is 24.3 Å². The Morgan fingerprint density at radius 1 is 1.45 bits per heavy atom. The number of benzene rings is 1. The topological polar surface area (TPSA) is 49.8 Å². The minimum absolute atomic E-state index is 0.302. The first-order valence-corrected chi connectivity index (χ1v) is 7.85. The summed E-state index contributed by atoms with van der Waals surface area (Å²) in [5.74, 6) is 0. The summed E-state index contributed by atoms with van der Waals surface area (Å²) >= 11 is 5.98. The summed E-state index contributed by atoms with van der Waals surface area (Å²) < 4.78 is 5.47. The molecule has 0 spiro atoms. The number of aliphatic hydroxyl groups excluding tert-OH is 1. The molecular formula is C17H24ClNO3. The zero-order valence-corrected chi connectivity index (χ0v) is 14.5. The van der Waals surface area contributed by atoms with Gasteiger partial charge in [0.25, 0.3) is 0 Å². The molecule has 1 aliphatic heterocycles. The van der Waals surface area contributed by atoms with E-state index in [4.69, 9.17) is 16.3 Å². The summed E-state index contributed by atoms with van der Waals surface area (Å²) in [5, 5.41) is 11.2. The molecule has 5 heteroatoms. The van der Waals surface area contributed by atoms with Crippen molar-refractivity contribution in [1.82, 2.24) is 4.90 Å². The van der Waals surface area contributed by atoms with Gasteiger partial charge in [-0.1, -0.05) is 23.7 Å². The van der Waals surface area contributed by atoms with Gasteiger partial charge in [0.05, 0.1) is 12.1 Å². The van der Waals surface area contributed by atoms with Gasteiger partial charge in [0.15, 0.2) is 0 Å². The first-order valence-electron chi connectivity index (χ1n) is 7.47. The van der Waals surface area contributed by atoms with E-state index in [-0.39, 0.29) is 11.6 Å². The minimum atomic E-state index is -0.778.